The van der Waals surface area contributed by atoms with Crippen molar-refractivity contribution < 1.29 is 24.2 Å². The first-order valence-corrected chi connectivity index (χ1v) is 11.0. The molecule has 0 bridgehead atoms. The summed E-state index contributed by atoms with van der Waals surface area (Å²) in [6, 6.07) is 15.2. The molecule has 174 valence electrons. The smallest absolute Gasteiger partial charge is 0.295 e. The zero-order valence-corrected chi connectivity index (χ0v) is 19.3. The van der Waals surface area contributed by atoms with Crippen LogP contribution in [0.3, 0.4) is 0 Å². The highest BCUT2D eigenvalue weighted by molar-refractivity contribution is 6.46. The Hall–Kier alpha value is -4.13. The number of amides is 1. The molecule has 0 spiro atoms. The summed E-state index contributed by atoms with van der Waals surface area (Å²) in [6.07, 6.45) is 3.20. The zero-order valence-electron chi connectivity index (χ0n) is 19.3. The van der Waals surface area contributed by atoms with Gasteiger partial charge in [-0.15, -0.1) is 0 Å². The van der Waals surface area contributed by atoms with E-state index in [0.29, 0.717) is 29.2 Å². The third kappa shape index (κ3) is 4.37. The van der Waals surface area contributed by atoms with Crippen LogP contribution in [0.5, 0.6) is 11.5 Å². The Kier molecular flexibility index (Phi) is 6.63. The number of ketones is 1. The van der Waals surface area contributed by atoms with Crippen LogP contribution < -0.4 is 9.47 Å². The monoisotopic (exact) mass is 458 g/mol. The fourth-order valence-corrected chi connectivity index (χ4v) is 4.17. The molecular formula is C27H26N2O5. The average molecular weight is 459 g/mol. The molecule has 0 aliphatic carbocycles. The van der Waals surface area contributed by atoms with Gasteiger partial charge in [0.1, 0.15) is 17.3 Å². The van der Waals surface area contributed by atoms with E-state index in [-0.39, 0.29) is 17.9 Å². The minimum Gasteiger partial charge on any atom is -0.507 e. The van der Waals surface area contributed by atoms with Gasteiger partial charge in [0, 0.05) is 24.5 Å². The minimum absolute atomic E-state index is 0.0441. The number of methoxy groups -OCH3 is 1. The summed E-state index contributed by atoms with van der Waals surface area (Å²) in [5.74, 6) is -0.273. The van der Waals surface area contributed by atoms with Crippen molar-refractivity contribution in [3.63, 3.8) is 0 Å². The predicted molar refractivity (Wildman–Crippen MR) is 127 cm³/mol. The Morgan fingerprint density at radius 1 is 1.09 bits per heavy atom. The van der Waals surface area contributed by atoms with Crippen molar-refractivity contribution in [2.45, 2.75) is 26.4 Å². The fraction of sp³-hybridized carbons (Fsp3) is 0.222. The summed E-state index contributed by atoms with van der Waals surface area (Å²) < 4.78 is 10.9. The van der Waals surface area contributed by atoms with Crippen LogP contribution >= 0.6 is 0 Å². The molecule has 0 radical (unpaired) electrons. The van der Waals surface area contributed by atoms with Crippen LogP contribution in [0.4, 0.5) is 0 Å². The highest BCUT2D eigenvalue weighted by Crippen LogP contribution is 2.40. The third-order valence-electron chi connectivity index (χ3n) is 5.80. The van der Waals surface area contributed by atoms with Crippen LogP contribution in [0, 0.1) is 6.92 Å². The van der Waals surface area contributed by atoms with E-state index in [1.165, 1.54) is 4.90 Å². The number of hydrogen-bond donors (Lipinski definition) is 1. The maximum atomic E-state index is 13.2. The molecule has 1 amide bonds. The summed E-state index contributed by atoms with van der Waals surface area (Å²) in [5, 5.41) is 11.3. The number of ether oxygens (including phenoxy) is 2. The first kappa shape index (κ1) is 23.0. The number of hydrogen-bond acceptors (Lipinski definition) is 6. The Morgan fingerprint density at radius 3 is 2.53 bits per heavy atom. The van der Waals surface area contributed by atoms with Gasteiger partial charge in [-0.3, -0.25) is 14.6 Å². The number of aromatic nitrogens is 1. The lowest BCUT2D eigenvalue weighted by Crippen LogP contribution is -2.29. The van der Waals surface area contributed by atoms with Crippen LogP contribution in [-0.2, 0) is 16.1 Å². The fourth-order valence-electron chi connectivity index (χ4n) is 4.17. The van der Waals surface area contributed by atoms with Crippen LogP contribution in [0.15, 0.2) is 72.6 Å². The van der Waals surface area contributed by atoms with E-state index in [4.69, 9.17) is 9.47 Å². The molecule has 1 N–H and O–H groups in total. The topological polar surface area (TPSA) is 89.0 Å². The van der Waals surface area contributed by atoms with Crippen molar-refractivity contribution in [3.8, 4) is 11.5 Å². The molecule has 2 aromatic carbocycles. The molecule has 7 heteroatoms. The third-order valence-corrected chi connectivity index (χ3v) is 5.80. The second-order valence-electron chi connectivity index (χ2n) is 7.97. The molecule has 1 fully saturated rings. The molecule has 2 heterocycles. The number of aliphatic hydroxyl groups excluding tert-OH is 1. The standard InChI is InChI=1S/C27H26N2O5/c1-4-34-22-9-8-20(14-17(22)2)25(30)23-24(19-10-12-28-13-11-19)29(27(32)26(23)31)16-18-6-5-7-21(15-18)33-3/h5-15,24,30H,4,16H2,1-3H3/b25-23-. The molecule has 3 aromatic rings. The molecule has 7 nitrogen and oxygen atoms in total. The van der Waals surface area contributed by atoms with Gasteiger partial charge in [0.2, 0.25) is 0 Å². The molecule has 0 saturated carbocycles. The number of Topliss-reactive ketones (excluding diaryl/α,β-unsaturated/α-hetero) is 1. The van der Waals surface area contributed by atoms with Crippen molar-refractivity contribution >= 4 is 17.4 Å². The number of carbonyl (C=O) groups excluding carboxylic acids is 2. The van der Waals surface area contributed by atoms with Crippen molar-refractivity contribution in [1.29, 1.82) is 0 Å². The SMILES string of the molecule is CCOc1ccc(/C(O)=C2/C(=O)C(=O)N(Cc3cccc(OC)c3)C2c2ccncc2)cc1C. The summed E-state index contributed by atoms with van der Waals surface area (Å²) in [4.78, 5) is 31.9. The number of nitrogens with zero attached hydrogens (tertiary/aromatic N) is 2. The van der Waals surface area contributed by atoms with Gasteiger partial charge in [0.25, 0.3) is 11.7 Å². The van der Waals surface area contributed by atoms with Crippen molar-refractivity contribution in [2.75, 3.05) is 13.7 Å². The predicted octanol–water partition coefficient (Wildman–Crippen LogP) is 4.42. The van der Waals surface area contributed by atoms with Crippen LogP contribution in [0.1, 0.15) is 35.2 Å². The van der Waals surface area contributed by atoms with E-state index in [1.807, 2.05) is 38.1 Å². The van der Waals surface area contributed by atoms with E-state index in [2.05, 4.69) is 4.98 Å². The number of likely N-dealkylation sites (tertiary alicyclic amines) is 1. The molecule has 1 aromatic heterocycles. The van der Waals surface area contributed by atoms with Crippen molar-refractivity contribution in [2.24, 2.45) is 0 Å². The summed E-state index contributed by atoms with van der Waals surface area (Å²) in [5.41, 5.74) is 2.79. The Bertz CT molecular complexity index is 1250. The van der Waals surface area contributed by atoms with Gasteiger partial charge in [-0.05, 0) is 73.0 Å². The number of aliphatic hydroxyl groups is 1. The normalized spacial score (nSPS) is 17.1. The largest absolute Gasteiger partial charge is 0.507 e. The number of rotatable bonds is 7. The number of carbonyl (C=O) groups is 2. The number of benzene rings is 2. The van der Waals surface area contributed by atoms with Crippen LogP contribution in [-0.4, -0.2) is 40.4 Å². The zero-order chi connectivity index (χ0) is 24.2. The lowest BCUT2D eigenvalue weighted by Gasteiger charge is -2.25. The van der Waals surface area contributed by atoms with Gasteiger partial charge in [-0.2, -0.15) is 0 Å². The molecule has 1 saturated heterocycles. The first-order valence-electron chi connectivity index (χ1n) is 11.0. The van der Waals surface area contributed by atoms with E-state index in [9.17, 15) is 14.7 Å². The van der Waals surface area contributed by atoms with Crippen molar-refractivity contribution in [1.82, 2.24) is 9.88 Å². The van der Waals surface area contributed by atoms with E-state index < -0.39 is 17.7 Å². The van der Waals surface area contributed by atoms with Crippen LogP contribution in [0.2, 0.25) is 0 Å². The molecular weight excluding hydrogens is 432 g/mol. The molecule has 1 unspecified atom stereocenters. The molecule has 1 aliphatic heterocycles. The Morgan fingerprint density at radius 2 is 1.85 bits per heavy atom. The Balaban J connectivity index is 1.81. The average Bonchev–Trinajstić information content (AvgIpc) is 3.10. The quantitative estimate of drug-likeness (QED) is 0.320. The van der Waals surface area contributed by atoms with Gasteiger partial charge in [-0.25, -0.2) is 0 Å². The Labute approximate surface area is 198 Å². The molecule has 4 rings (SSSR count). The maximum Gasteiger partial charge on any atom is 0.295 e. The van der Waals surface area contributed by atoms with Crippen molar-refractivity contribution in [3.05, 3.63) is 94.8 Å². The van der Waals surface area contributed by atoms with Gasteiger partial charge in [0.05, 0.1) is 25.3 Å². The molecule has 1 atom stereocenters. The second-order valence-corrected chi connectivity index (χ2v) is 7.97. The first-order chi connectivity index (χ1) is 16.4. The summed E-state index contributed by atoms with van der Waals surface area (Å²) in [7, 11) is 1.57. The maximum absolute atomic E-state index is 13.2. The van der Waals surface area contributed by atoms with Crippen LogP contribution in [0.25, 0.3) is 5.76 Å². The van der Waals surface area contributed by atoms with Gasteiger partial charge >= 0.3 is 0 Å². The van der Waals surface area contributed by atoms with E-state index in [0.717, 1.165) is 11.1 Å². The van der Waals surface area contributed by atoms with Gasteiger partial charge in [-0.1, -0.05) is 12.1 Å². The number of pyridine rings is 1. The second kappa shape index (κ2) is 9.79. The molecule has 1 aliphatic rings. The highest BCUT2D eigenvalue weighted by atomic mass is 16.5. The molecule has 34 heavy (non-hydrogen) atoms. The van der Waals surface area contributed by atoms with Gasteiger partial charge in [0.15, 0.2) is 0 Å². The van der Waals surface area contributed by atoms with Gasteiger partial charge < -0.3 is 19.5 Å². The van der Waals surface area contributed by atoms with E-state index >= 15 is 0 Å². The minimum atomic E-state index is -0.763. The lowest BCUT2D eigenvalue weighted by molar-refractivity contribution is -0.140. The number of aryl methyl sites for hydroxylation is 1. The lowest BCUT2D eigenvalue weighted by atomic mass is 9.95. The summed E-state index contributed by atoms with van der Waals surface area (Å²) in [6.45, 7) is 4.45. The highest BCUT2D eigenvalue weighted by Gasteiger charge is 2.46. The summed E-state index contributed by atoms with van der Waals surface area (Å²) >= 11 is 0. The van der Waals surface area contributed by atoms with E-state index in [1.54, 1.807) is 49.8 Å².